The number of ether oxygens (including phenoxy) is 1. The van der Waals surface area contributed by atoms with Gasteiger partial charge in [0.15, 0.2) is 0 Å². The molecular formula is C28H34N4O3. The quantitative estimate of drug-likeness (QED) is 0.594. The average molecular weight is 475 g/mol. The maximum atomic E-state index is 13.3. The molecule has 1 N–H and O–H groups in total. The van der Waals surface area contributed by atoms with E-state index in [1.165, 1.54) is 0 Å². The maximum Gasteiger partial charge on any atom is 0.276 e. The van der Waals surface area contributed by atoms with E-state index in [-0.39, 0.29) is 23.2 Å². The van der Waals surface area contributed by atoms with E-state index in [4.69, 9.17) is 4.74 Å². The predicted octanol–water partition coefficient (Wildman–Crippen LogP) is 3.43. The zero-order valence-corrected chi connectivity index (χ0v) is 20.6. The van der Waals surface area contributed by atoms with Crippen LogP contribution in [0.5, 0.6) is 0 Å². The number of aromatic nitrogens is 2. The fourth-order valence-corrected chi connectivity index (χ4v) is 5.45. The van der Waals surface area contributed by atoms with Gasteiger partial charge in [0.05, 0.1) is 23.0 Å². The third-order valence-electron chi connectivity index (χ3n) is 7.69. The highest BCUT2D eigenvalue weighted by molar-refractivity contribution is 5.94. The molecule has 0 aliphatic carbocycles. The van der Waals surface area contributed by atoms with Gasteiger partial charge in [-0.2, -0.15) is 0 Å². The Balaban J connectivity index is 1.17. The highest BCUT2D eigenvalue weighted by atomic mass is 16.5. The predicted molar refractivity (Wildman–Crippen MR) is 136 cm³/mol. The Kier molecular flexibility index (Phi) is 6.62. The maximum absolute atomic E-state index is 13.3. The van der Waals surface area contributed by atoms with E-state index in [0.717, 1.165) is 55.7 Å². The molecule has 3 heterocycles. The Morgan fingerprint density at radius 1 is 1.03 bits per heavy atom. The molecule has 7 heteroatoms. The van der Waals surface area contributed by atoms with Crippen LogP contribution in [0.2, 0.25) is 0 Å². The fraction of sp³-hybridized carbons (Fsp3) is 0.429. The number of para-hydroxylation sites is 1. The van der Waals surface area contributed by atoms with E-state index in [1.54, 1.807) is 4.68 Å². The zero-order valence-electron chi connectivity index (χ0n) is 20.6. The second-order valence-electron chi connectivity index (χ2n) is 9.85. The van der Waals surface area contributed by atoms with Crippen molar-refractivity contribution in [2.24, 2.45) is 7.05 Å². The van der Waals surface area contributed by atoms with Crippen molar-refractivity contribution >= 4 is 5.91 Å². The number of carbonyl (C=O) groups excluding carboxylic acids is 1. The summed E-state index contributed by atoms with van der Waals surface area (Å²) in [4.78, 5) is 28.0. The number of nitrogens with one attached hydrogen (secondary N) is 1. The van der Waals surface area contributed by atoms with E-state index < -0.39 is 0 Å². The highest BCUT2D eigenvalue weighted by Gasteiger charge is 2.42. The molecule has 7 nitrogen and oxygen atoms in total. The number of likely N-dealkylation sites (tertiary alicyclic amines) is 1. The Morgan fingerprint density at radius 2 is 1.69 bits per heavy atom. The molecule has 0 bridgehead atoms. The lowest BCUT2D eigenvalue weighted by Gasteiger charge is -2.39. The smallest absolute Gasteiger partial charge is 0.276 e. The van der Waals surface area contributed by atoms with Gasteiger partial charge in [0, 0.05) is 44.5 Å². The minimum Gasteiger partial charge on any atom is -0.370 e. The summed E-state index contributed by atoms with van der Waals surface area (Å²) in [6.07, 6.45) is 3.96. The third-order valence-corrected chi connectivity index (χ3v) is 7.69. The van der Waals surface area contributed by atoms with Gasteiger partial charge in [0.25, 0.3) is 11.5 Å². The molecule has 2 aliphatic rings. The topological polar surface area (TPSA) is 68.5 Å². The van der Waals surface area contributed by atoms with Crippen LogP contribution in [0.4, 0.5) is 0 Å². The number of amides is 1. The summed E-state index contributed by atoms with van der Waals surface area (Å²) >= 11 is 0. The molecule has 5 rings (SSSR count). The lowest BCUT2D eigenvalue weighted by atomic mass is 9.88. The molecule has 3 aromatic rings. The van der Waals surface area contributed by atoms with Crippen LogP contribution in [0.25, 0.3) is 5.69 Å². The molecule has 1 amide bonds. The van der Waals surface area contributed by atoms with Gasteiger partial charge in [-0.05, 0) is 56.9 Å². The van der Waals surface area contributed by atoms with Crippen LogP contribution in [0.3, 0.4) is 0 Å². The highest BCUT2D eigenvalue weighted by Crippen LogP contribution is 2.39. The van der Waals surface area contributed by atoms with E-state index in [2.05, 4.69) is 10.2 Å². The van der Waals surface area contributed by atoms with E-state index in [0.29, 0.717) is 18.7 Å². The van der Waals surface area contributed by atoms with Crippen molar-refractivity contribution < 1.29 is 9.53 Å². The Morgan fingerprint density at radius 3 is 2.37 bits per heavy atom. The largest absolute Gasteiger partial charge is 0.370 e. The van der Waals surface area contributed by atoms with Crippen molar-refractivity contribution in [2.45, 2.75) is 50.9 Å². The van der Waals surface area contributed by atoms with Crippen LogP contribution in [-0.4, -0.2) is 51.5 Å². The third kappa shape index (κ3) is 4.83. The van der Waals surface area contributed by atoms with Crippen molar-refractivity contribution in [3.63, 3.8) is 0 Å². The molecule has 1 unspecified atom stereocenters. The first kappa shape index (κ1) is 23.6. The normalized spacial score (nSPS) is 19.8. The Bertz CT molecular complexity index is 1220. The first-order valence-electron chi connectivity index (χ1n) is 12.5. The summed E-state index contributed by atoms with van der Waals surface area (Å²) in [6.45, 7) is 5.03. The van der Waals surface area contributed by atoms with Crippen molar-refractivity contribution in [1.29, 1.82) is 0 Å². The van der Waals surface area contributed by atoms with Crippen LogP contribution in [-0.2, 0) is 18.3 Å². The number of carbonyl (C=O) groups is 1. The number of nitrogens with zero attached hydrogens (tertiary/aromatic N) is 3. The molecule has 35 heavy (non-hydrogen) atoms. The van der Waals surface area contributed by atoms with Crippen LogP contribution < -0.4 is 10.9 Å². The standard InChI is InChI=1S/C28H34N4O3/c1-21-25(27(34)32(30(21)2)23-11-7-4-8-12-23)20-31-17-15-28(16-18-31)14-13-24(35-28)19-29-26(33)22-9-5-3-6-10-22/h3-12,24H,13-20H2,1-2H3,(H,29,33). The first-order chi connectivity index (χ1) is 17.0. The van der Waals surface area contributed by atoms with E-state index in [1.807, 2.05) is 79.3 Å². The van der Waals surface area contributed by atoms with Crippen LogP contribution in [0, 0.1) is 6.92 Å². The molecule has 1 atom stereocenters. The van der Waals surface area contributed by atoms with Crippen molar-refractivity contribution in [3.05, 3.63) is 87.8 Å². The summed E-state index contributed by atoms with van der Waals surface area (Å²) < 4.78 is 10.2. The van der Waals surface area contributed by atoms with Crippen molar-refractivity contribution in [3.8, 4) is 5.69 Å². The minimum absolute atomic E-state index is 0.0515. The van der Waals surface area contributed by atoms with E-state index >= 15 is 0 Å². The molecular weight excluding hydrogens is 440 g/mol. The lowest BCUT2D eigenvalue weighted by molar-refractivity contribution is -0.0765. The molecule has 0 saturated carbocycles. The molecule has 2 aliphatic heterocycles. The number of hydrogen-bond donors (Lipinski definition) is 1. The SMILES string of the molecule is Cc1c(CN2CCC3(CCC(CNC(=O)c4ccccc4)O3)CC2)c(=O)n(-c2ccccc2)n1C. The van der Waals surface area contributed by atoms with Gasteiger partial charge in [-0.15, -0.1) is 0 Å². The van der Waals surface area contributed by atoms with Crippen LogP contribution in [0.1, 0.15) is 47.3 Å². The van der Waals surface area contributed by atoms with Crippen molar-refractivity contribution in [2.75, 3.05) is 19.6 Å². The Hall–Kier alpha value is -3.16. The number of hydrogen-bond acceptors (Lipinski definition) is 4. The first-order valence-corrected chi connectivity index (χ1v) is 12.5. The molecule has 1 aromatic heterocycles. The molecule has 2 fully saturated rings. The Labute approximate surface area is 206 Å². The van der Waals surface area contributed by atoms with Gasteiger partial charge >= 0.3 is 0 Å². The van der Waals surface area contributed by atoms with Gasteiger partial charge < -0.3 is 10.1 Å². The number of piperidine rings is 1. The van der Waals surface area contributed by atoms with Gasteiger partial charge in [0.2, 0.25) is 0 Å². The second kappa shape index (κ2) is 9.84. The van der Waals surface area contributed by atoms with Gasteiger partial charge in [-0.1, -0.05) is 36.4 Å². The summed E-state index contributed by atoms with van der Waals surface area (Å²) in [6, 6.07) is 19.1. The molecule has 2 aromatic carbocycles. The fourth-order valence-electron chi connectivity index (χ4n) is 5.45. The molecule has 184 valence electrons. The zero-order chi connectivity index (χ0) is 24.4. The number of rotatable bonds is 6. The van der Waals surface area contributed by atoms with Gasteiger partial charge in [-0.25, -0.2) is 4.68 Å². The summed E-state index contributed by atoms with van der Waals surface area (Å²) in [5, 5.41) is 3.02. The van der Waals surface area contributed by atoms with Crippen LogP contribution >= 0.6 is 0 Å². The number of benzene rings is 2. The summed E-state index contributed by atoms with van der Waals surface area (Å²) in [7, 11) is 1.95. The second-order valence-corrected chi connectivity index (χ2v) is 9.85. The molecule has 1 spiro atoms. The van der Waals surface area contributed by atoms with Gasteiger partial charge in [0.1, 0.15) is 0 Å². The lowest BCUT2D eigenvalue weighted by Crippen LogP contribution is -2.45. The average Bonchev–Trinajstić information content (AvgIpc) is 3.38. The molecule has 2 saturated heterocycles. The van der Waals surface area contributed by atoms with Crippen molar-refractivity contribution in [1.82, 2.24) is 19.6 Å². The van der Waals surface area contributed by atoms with Gasteiger partial charge in [-0.3, -0.25) is 19.2 Å². The van der Waals surface area contributed by atoms with Crippen LogP contribution in [0.15, 0.2) is 65.5 Å². The molecule has 0 radical (unpaired) electrons. The van der Waals surface area contributed by atoms with E-state index in [9.17, 15) is 9.59 Å². The summed E-state index contributed by atoms with van der Waals surface area (Å²) in [5.74, 6) is -0.0515. The minimum atomic E-state index is -0.103. The monoisotopic (exact) mass is 474 g/mol. The summed E-state index contributed by atoms with van der Waals surface area (Å²) in [5.41, 5.74) is 3.39.